The molecule has 0 bridgehead atoms. The molecule has 1 aromatic heterocycles. The molecule has 0 radical (unpaired) electrons. The molecule has 2 N–H and O–H groups in total. The second-order valence-corrected chi connectivity index (χ2v) is 5.74. The molecule has 0 saturated carbocycles. The Morgan fingerprint density at radius 3 is 2.45 bits per heavy atom. The number of amides is 1. The van der Waals surface area contributed by atoms with Gasteiger partial charge in [-0.25, -0.2) is 0 Å². The maximum Gasteiger partial charge on any atom is 0.315 e. The zero-order valence-electron chi connectivity index (χ0n) is 12.0. The molecule has 0 saturated heterocycles. The van der Waals surface area contributed by atoms with E-state index in [4.69, 9.17) is 4.42 Å². The van der Waals surface area contributed by atoms with Gasteiger partial charge in [0.25, 0.3) is 5.91 Å². The van der Waals surface area contributed by atoms with Crippen LogP contribution in [0.15, 0.2) is 51.6 Å². The molecule has 1 aromatic carbocycles. The molecule has 2 rings (SSSR count). The number of hydrogen-bond acceptors (Lipinski definition) is 3. The van der Waals surface area contributed by atoms with Gasteiger partial charge in [0.15, 0.2) is 0 Å². The first-order valence-corrected chi connectivity index (χ1v) is 7.60. The fourth-order valence-corrected chi connectivity index (χ4v) is 2.69. The van der Waals surface area contributed by atoms with Gasteiger partial charge in [-0.05, 0) is 34.0 Å². The molecule has 22 heavy (non-hydrogen) atoms. The van der Waals surface area contributed by atoms with Crippen LogP contribution in [0.3, 0.4) is 0 Å². The summed E-state index contributed by atoms with van der Waals surface area (Å²) in [6, 6.07) is 10.5. The number of rotatable bonds is 6. The Balaban J connectivity index is 2.23. The monoisotopic (exact) mass is 365 g/mol. The molecule has 0 aliphatic rings. The van der Waals surface area contributed by atoms with Crippen molar-refractivity contribution in [2.45, 2.75) is 18.8 Å². The van der Waals surface area contributed by atoms with E-state index < -0.39 is 17.3 Å². The summed E-state index contributed by atoms with van der Waals surface area (Å²) in [5.74, 6) is -1.30. The largest absolute Gasteiger partial charge is 0.481 e. The SMILES string of the molecule is CCC(CNC(=O)c1occc1Br)(C(=O)O)c1ccccc1. The molecule has 5 nitrogen and oxygen atoms in total. The summed E-state index contributed by atoms with van der Waals surface area (Å²) < 4.78 is 5.61. The van der Waals surface area contributed by atoms with Gasteiger partial charge in [0, 0.05) is 6.54 Å². The van der Waals surface area contributed by atoms with Gasteiger partial charge in [-0.2, -0.15) is 0 Å². The van der Waals surface area contributed by atoms with Crippen molar-refractivity contribution in [1.82, 2.24) is 5.32 Å². The Hall–Kier alpha value is -2.08. The molecule has 0 aliphatic heterocycles. The number of carboxylic acids is 1. The van der Waals surface area contributed by atoms with Gasteiger partial charge in [0.1, 0.15) is 5.41 Å². The highest BCUT2D eigenvalue weighted by molar-refractivity contribution is 9.10. The van der Waals surface area contributed by atoms with Crippen molar-refractivity contribution in [1.29, 1.82) is 0 Å². The van der Waals surface area contributed by atoms with E-state index in [-0.39, 0.29) is 12.3 Å². The standard InChI is InChI=1S/C16H16BrNO4/c1-2-16(15(20)21,11-6-4-3-5-7-11)10-18-14(19)13-12(17)8-9-22-13/h3-9H,2,10H2,1H3,(H,18,19)(H,20,21). The van der Waals surface area contributed by atoms with Crippen molar-refractivity contribution in [2.24, 2.45) is 0 Å². The zero-order valence-corrected chi connectivity index (χ0v) is 13.6. The molecule has 0 fully saturated rings. The first-order chi connectivity index (χ1) is 10.5. The van der Waals surface area contributed by atoms with Crippen LogP contribution in [0.4, 0.5) is 0 Å². The minimum Gasteiger partial charge on any atom is -0.481 e. The van der Waals surface area contributed by atoms with Gasteiger partial charge in [0.05, 0.1) is 10.7 Å². The van der Waals surface area contributed by atoms with E-state index in [1.54, 1.807) is 37.3 Å². The van der Waals surface area contributed by atoms with Crippen molar-refractivity contribution >= 4 is 27.8 Å². The average molecular weight is 366 g/mol. The van der Waals surface area contributed by atoms with E-state index >= 15 is 0 Å². The highest BCUT2D eigenvalue weighted by Gasteiger charge is 2.39. The lowest BCUT2D eigenvalue weighted by Crippen LogP contribution is -2.46. The summed E-state index contributed by atoms with van der Waals surface area (Å²) >= 11 is 3.21. The Labute approximate surface area is 136 Å². The molecule has 1 amide bonds. The molecule has 1 atom stereocenters. The van der Waals surface area contributed by atoms with Gasteiger partial charge in [-0.15, -0.1) is 0 Å². The fourth-order valence-electron chi connectivity index (χ4n) is 2.31. The van der Waals surface area contributed by atoms with E-state index in [2.05, 4.69) is 21.2 Å². The van der Waals surface area contributed by atoms with Crippen LogP contribution in [0.1, 0.15) is 29.5 Å². The van der Waals surface area contributed by atoms with Crippen molar-refractivity contribution in [3.63, 3.8) is 0 Å². The van der Waals surface area contributed by atoms with Crippen LogP contribution in [-0.2, 0) is 10.2 Å². The Morgan fingerprint density at radius 1 is 1.27 bits per heavy atom. The molecule has 116 valence electrons. The Kier molecular flexibility index (Phi) is 5.03. The van der Waals surface area contributed by atoms with Gasteiger partial charge in [-0.3, -0.25) is 9.59 Å². The second-order valence-electron chi connectivity index (χ2n) is 4.89. The normalized spacial score (nSPS) is 13.4. The van der Waals surface area contributed by atoms with Gasteiger partial charge < -0.3 is 14.8 Å². The number of nitrogens with one attached hydrogen (secondary N) is 1. The van der Waals surface area contributed by atoms with Crippen LogP contribution in [0.2, 0.25) is 0 Å². The fraction of sp³-hybridized carbons (Fsp3) is 0.250. The van der Waals surface area contributed by atoms with Crippen molar-refractivity contribution in [3.8, 4) is 0 Å². The quantitative estimate of drug-likeness (QED) is 0.823. The number of hydrogen-bond donors (Lipinski definition) is 2. The van der Waals surface area contributed by atoms with E-state index in [1.165, 1.54) is 6.26 Å². The number of furan rings is 1. The maximum absolute atomic E-state index is 12.1. The first-order valence-electron chi connectivity index (χ1n) is 6.81. The third kappa shape index (κ3) is 3.06. The first kappa shape index (κ1) is 16.3. The number of benzene rings is 1. The smallest absolute Gasteiger partial charge is 0.315 e. The summed E-state index contributed by atoms with van der Waals surface area (Å²) in [4.78, 5) is 24.0. The van der Waals surface area contributed by atoms with Crippen molar-refractivity contribution in [2.75, 3.05) is 6.54 Å². The Bertz CT molecular complexity index is 668. The average Bonchev–Trinajstić information content (AvgIpc) is 2.95. The highest BCUT2D eigenvalue weighted by atomic mass is 79.9. The minimum absolute atomic E-state index is 0.0190. The Morgan fingerprint density at radius 2 is 1.95 bits per heavy atom. The van der Waals surface area contributed by atoms with Crippen LogP contribution >= 0.6 is 15.9 Å². The maximum atomic E-state index is 12.1. The minimum atomic E-state index is -1.17. The summed E-state index contributed by atoms with van der Waals surface area (Å²) in [5, 5.41) is 12.3. The van der Waals surface area contributed by atoms with Crippen LogP contribution in [0.25, 0.3) is 0 Å². The predicted octanol–water partition coefficient (Wildman–Crippen LogP) is 3.20. The molecule has 1 unspecified atom stereocenters. The molecule has 0 aliphatic carbocycles. The number of carboxylic acid groups (broad SMARTS) is 1. The van der Waals surface area contributed by atoms with Crippen LogP contribution in [-0.4, -0.2) is 23.5 Å². The molecule has 6 heteroatoms. The number of halogens is 1. The van der Waals surface area contributed by atoms with Gasteiger partial charge >= 0.3 is 5.97 Å². The van der Waals surface area contributed by atoms with Crippen molar-refractivity contribution < 1.29 is 19.1 Å². The van der Waals surface area contributed by atoms with E-state index in [1.807, 2.05) is 6.07 Å². The number of carbonyl (C=O) groups excluding carboxylic acids is 1. The zero-order chi connectivity index (χ0) is 16.2. The number of carbonyl (C=O) groups is 2. The van der Waals surface area contributed by atoms with Crippen LogP contribution in [0, 0.1) is 0 Å². The van der Waals surface area contributed by atoms with Crippen LogP contribution < -0.4 is 5.32 Å². The molecular formula is C16H16BrNO4. The van der Waals surface area contributed by atoms with Crippen LogP contribution in [0.5, 0.6) is 0 Å². The third-order valence-electron chi connectivity index (χ3n) is 3.71. The third-order valence-corrected chi connectivity index (χ3v) is 4.34. The molecular weight excluding hydrogens is 350 g/mol. The highest BCUT2D eigenvalue weighted by Crippen LogP contribution is 2.28. The second kappa shape index (κ2) is 6.79. The predicted molar refractivity (Wildman–Crippen MR) is 84.8 cm³/mol. The number of aliphatic carboxylic acids is 1. The molecule has 1 heterocycles. The van der Waals surface area contributed by atoms with E-state index in [0.717, 1.165) is 0 Å². The van der Waals surface area contributed by atoms with Gasteiger partial charge in [-0.1, -0.05) is 37.3 Å². The molecule has 0 spiro atoms. The van der Waals surface area contributed by atoms with E-state index in [0.29, 0.717) is 16.5 Å². The molecule has 2 aromatic rings. The lowest BCUT2D eigenvalue weighted by Gasteiger charge is -2.28. The summed E-state index contributed by atoms with van der Waals surface area (Å²) in [6.07, 6.45) is 1.74. The lowest BCUT2D eigenvalue weighted by atomic mass is 9.78. The topological polar surface area (TPSA) is 79.5 Å². The summed E-state index contributed by atoms with van der Waals surface area (Å²) in [6.45, 7) is 1.77. The summed E-state index contributed by atoms with van der Waals surface area (Å²) in [7, 11) is 0. The van der Waals surface area contributed by atoms with E-state index in [9.17, 15) is 14.7 Å². The lowest BCUT2D eigenvalue weighted by molar-refractivity contribution is -0.143. The van der Waals surface area contributed by atoms with Gasteiger partial charge in [0.2, 0.25) is 5.76 Å². The summed E-state index contributed by atoms with van der Waals surface area (Å²) in [5.41, 5.74) is -0.514. The van der Waals surface area contributed by atoms with Crippen molar-refractivity contribution in [3.05, 3.63) is 58.5 Å².